The van der Waals surface area contributed by atoms with Gasteiger partial charge in [0.25, 0.3) is 0 Å². The Bertz CT molecular complexity index is 1210. The SMILES string of the molecule is CCOc1ccc(NC(=O)[C@@H]2[C@@H]3CCC4(S3)C(C(=O)Nc3ccccc3Cl)N([C@H](C)CO)C(=O)[C@H]24)cc1. The van der Waals surface area contributed by atoms with Crippen LogP contribution in [0.2, 0.25) is 5.02 Å². The number of nitrogens with zero attached hydrogens (tertiary/aromatic N) is 1. The number of carbonyl (C=O) groups excluding carboxylic acids is 3. The summed E-state index contributed by atoms with van der Waals surface area (Å²) in [7, 11) is 0. The summed E-state index contributed by atoms with van der Waals surface area (Å²) < 4.78 is 4.72. The third-order valence-corrected chi connectivity index (χ3v) is 9.87. The molecule has 0 aromatic heterocycles. The standard InChI is InChI=1S/C27H30ClN3O5S/c1-3-36-17-10-8-16(9-11-17)29-24(33)21-20-12-13-27(37-20)22(21)26(35)31(15(2)14-32)23(27)25(34)30-19-7-5-4-6-18(19)28/h4-11,15,20-23,32H,3,12-14H2,1-2H3,(H,29,33)(H,30,34)/t15-,20+,21-,22+,23?,27?/m1/s1. The number of thioether (sulfide) groups is 1. The zero-order valence-electron chi connectivity index (χ0n) is 20.6. The van der Waals surface area contributed by atoms with Crippen molar-refractivity contribution in [2.75, 3.05) is 23.8 Å². The summed E-state index contributed by atoms with van der Waals surface area (Å²) in [6, 6.07) is 12.6. The number of ether oxygens (including phenoxy) is 1. The van der Waals surface area contributed by atoms with Crippen LogP contribution in [-0.2, 0) is 14.4 Å². The van der Waals surface area contributed by atoms with Crippen molar-refractivity contribution in [2.45, 2.75) is 48.8 Å². The van der Waals surface area contributed by atoms with Crippen LogP contribution in [0.25, 0.3) is 0 Å². The van der Waals surface area contributed by atoms with Crippen molar-refractivity contribution in [1.82, 2.24) is 4.90 Å². The van der Waals surface area contributed by atoms with Crippen molar-refractivity contribution >= 4 is 52.5 Å². The molecule has 0 saturated carbocycles. The van der Waals surface area contributed by atoms with Crippen LogP contribution in [0.4, 0.5) is 11.4 Å². The van der Waals surface area contributed by atoms with Gasteiger partial charge in [-0.2, -0.15) is 0 Å². The first-order valence-electron chi connectivity index (χ1n) is 12.5. The number of amides is 3. The fourth-order valence-corrected chi connectivity index (χ4v) is 8.43. The van der Waals surface area contributed by atoms with Gasteiger partial charge in [-0.25, -0.2) is 0 Å². The molecule has 6 atom stereocenters. The molecule has 3 amide bonds. The van der Waals surface area contributed by atoms with Crippen molar-refractivity contribution in [3.63, 3.8) is 0 Å². The molecule has 3 aliphatic rings. The van der Waals surface area contributed by atoms with Crippen LogP contribution in [-0.4, -0.2) is 63.0 Å². The molecule has 3 N–H and O–H groups in total. The molecular formula is C27H30ClN3O5S. The molecule has 2 unspecified atom stereocenters. The van der Waals surface area contributed by atoms with Crippen molar-refractivity contribution in [1.29, 1.82) is 0 Å². The Morgan fingerprint density at radius 2 is 1.92 bits per heavy atom. The van der Waals surface area contributed by atoms with Gasteiger partial charge in [-0.05, 0) is 63.1 Å². The molecule has 2 aromatic carbocycles. The minimum atomic E-state index is -0.832. The lowest BCUT2D eigenvalue weighted by Crippen LogP contribution is -2.54. The second-order valence-electron chi connectivity index (χ2n) is 9.75. The molecular weight excluding hydrogens is 514 g/mol. The zero-order chi connectivity index (χ0) is 26.3. The van der Waals surface area contributed by atoms with Gasteiger partial charge in [-0.1, -0.05) is 23.7 Å². The summed E-state index contributed by atoms with van der Waals surface area (Å²) in [5.41, 5.74) is 1.08. The molecule has 1 spiro atoms. The van der Waals surface area contributed by atoms with E-state index < -0.39 is 28.7 Å². The van der Waals surface area contributed by atoms with Crippen molar-refractivity contribution < 1.29 is 24.2 Å². The Kier molecular flexibility index (Phi) is 7.13. The smallest absolute Gasteiger partial charge is 0.248 e. The maximum Gasteiger partial charge on any atom is 0.248 e. The number of fused-ring (bicyclic) bond motifs is 1. The molecule has 3 heterocycles. The number of hydrogen-bond donors (Lipinski definition) is 3. The molecule has 8 nitrogen and oxygen atoms in total. The number of carbonyl (C=O) groups is 3. The highest BCUT2D eigenvalue weighted by molar-refractivity contribution is 8.02. The molecule has 3 saturated heterocycles. The van der Waals surface area contributed by atoms with E-state index >= 15 is 0 Å². The predicted octanol–water partition coefficient (Wildman–Crippen LogP) is 3.79. The highest BCUT2D eigenvalue weighted by atomic mass is 35.5. The summed E-state index contributed by atoms with van der Waals surface area (Å²) in [6.07, 6.45) is 1.37. The molecule has 5 rings (SSSR count). The first kappa shape index (κ1) is 25.9. The van der Waals surface area contributed by atoms with Crippen molar-refractivity contribution in [3.8, 4) is 5.75 Å². The number of aliphatic hydroxyl groups is 1. The highest BCUT2D eigenvalue weighted by Gasteiger charge is 2.74. The second kappa shape index (κ2) is 10.2. The van der Waals surface area contributed by atoms with Crippen LogP contribution in [0.3, 0.4) is 0 Å². The minimum Gasteiger partial charge on any atom is -0.494 e. The monoisotopic (exact) mass is 543 g/mol. The summed E-state index contributed by atoms with van der Waals surface area (Å²) in [4.78, 5) is 42.7. The number of aliphatic hydroxyl groups excluding tert-OH is 1. The van der Waals surface area contributed by atoms with E-state index in [0.29, 0.717) is 35.2 Å². The lowest BCUT2D eigenvalue weighted by atomic mass is 9.70. The number of hydrogen-bond acceptors (Lipinski definition) is 6. The van der Waals surface area contributed by atoms with Crippen molar-refractivity contribution in [3.05, 3.63) is 53.6 Å². The quantitative estimate of drug-likeness (QED) is 0.467. The lowest BCUT2D eigenvalue weighted by molar-refractivity contribution is -0.140. The third-order valence-electron chi connectivity index (χ3n) is 7.59. The molecule has 2 bridgehead atoms. The fraction of sp³-hybridized carbons (Fsp3) is 0.444. The normalized spacial score (nSPS) is 28.6. The highest BCUT2D eigenvalue weighted by Crippen LogP contribution is 2.66. The van der Waals surface area contributed by atoms with E-state index in [1.807, 2.05) is 6.92 Å². The number of likely N-dealkylation sites (tertiary alicyclic amines) is 1. The molecule has 3 aliphatic heterocycles. The average Bonchev–Trinajstić information content (AvgIpc) is 3.53. The van der Waals surface area contributed by atoms with E-state index in [4.69, 9.17) is 16.3 Å². The number of anilines is 2. The summed E-state index contributed by atoms with van der Waals surface area (Å²) in [5.74, 6) is -1.38. The van der Waals surface area contributed by atoms with Crippen LogP contribution < -0.4 is 15.4 Å². The number of rotatable bonds is 8. The Morgan fingerprint density at radius 3 is 2.59 bits per heavy atom. The van der Waals surface area contributed by atoms with Crippen LogP contribution >= 0.6 is 23.4 Å². The molecule has 10 heteroatoms. The second-order valence-corrected chi connectivity index (χ2v) is 11.8. The lowest BCUT2D eigenvalue weighted by Gasteiger charge is -2.36. The van der Waals surface area contributed by atoms with E-state index in [1.54, 1.807) is 67.2 Å². The number of halogens is 1. The summed E-state index contributed by atoms with van der Waals surface area (Å²) in [5, 5.41) is 16.2. The summed E-state index contributed by atoms with van der Waals surface area (Å²) in [6.45, 7) is 3.88. The average molecular weight is 544 g/mol. The van der Waals surface area contributed by atoms with Crippen molar-refractivity contribution in [2.24, 2.45) is 11.8 Å². The Hall–Kier alpha value is -2.75. The molecule has 196 valence electrons. The van der Waals surface area contributed by atoms with Gasteiger partial charge in [0, 0.05) is 10.9 Å². The van der Waals surface area contributed by atoms with Crippen LogP contribution in [0.1, 0.15) is 26.7 Å². The Morgan fingerprint density at radius 1 is 1.19 bits per heavy atom. The van der Waals surface area contributed by atoms with E-state index in [-0.39, 0.29) is 29.6 Å². The van der Waals surface area contributed by atoms with Gasteiger partial charge in [-0.15, -0.1) is 11.8 Å². The Labute approximate surface area is 225 Å². The van der Waals surface area contributed by atoms with Gasteiger partial charge in [0.15, 0.2) is 0 Å². The van der Waals surface area contributed by atoms with Crippen LogP contribution in [0.5, 0.6) is 5.75 Å². The van der Waals surface area contributed by atoms with E-state index in [1.165, 1.54) is 4.90 Å². The molecule has 0 aliphatic carbocycles. The van der Waals surface area contributed by atoms with Gasteiger partial charge in [0.2, 0.25) is 17.7 Å². The largest absolute Gasteiger partial charge is 0.494 e. The van der Waals surface area contributed by atoms with E-state index in [9.17, 15) is 19.5 Å². The molecule has 37 heavy (non-hydrogen) atoms. The topological polar surface area (TPSA) is 108 Å². The third kappa shape index (κ3) is 4.36. The fourth-order valence-electron chi connectivity index (χ4n) is 6.04. The molecule has 0 radical (unpaired) electrons. The molecule has 3 fully saturated rings. The predicted molar refractivity (Wildman–Crippen MR) is 144 cm³/mol. The van der Waals surface area contributed by atoms with Crippen LogP contribution in [0, 0.1) is 11.8 Å². The van der Waals surface area contributed by atoms with Gasteiger partial charge >= 0.3 is 0 Å². The van der Waals surface area contributed by atoms with E-state index in [0.717, 1.165) is 6.42 Å². The maximum absolute atomic E-state index is 13.9. The first-order chi connectivity index (χ1) is 17.8. The number of nitrogens with one attached hydrogen (secondary N) is 2. The van der Waals surface area contributed by atoms with Gasteiger partial charge in [0.05, 0.1) is 46.5 Å². The minimum absolute atomic E-state index is 0.0705. The van der Waals surface area contributed by atoms with E-state index in [2.05, 4.69) is 10.6 Å². The number of para-hydroxylation sites is 1. The molecule has 2 aromatic rings. The first-order valence-corrected chi connectivity index (χ1v) is 13.8. The van der Waals surface area contributed by atoms with Crippen LogP contribution in [0.15, 0.2) is 48.5 Å². The van der Waals surface area contributed by atoms with Gasteiger partial charge < -0.3 is 25.4 Å². The Balaban J connectivity index is 1.44. The van der Waals surface area contributed by atoms with Gasteiger partial charge in [0.1, 0.15) is 11.8 Å². The zero-order valence-corrected chi connectivity index (χ0v) is 22.2. The van der Waals surface area contributed by atoms with Gasteiger partial charge in [-0.3, -0.25) is 14.4 Å². The number of benzene rings is 2. The maximum atomic E-state index is 13.9. The summed E-state index contributed by atoms with van der Waals surface area (Å²) >= 11 is 7.86.